The lowest BCUT2D eigenvalue weighted by molar-refractivity contribution is 0.622. The maximum atomic E-state index is 13.9. The maximum absolute atomic E-state index is 13.9. The molecule has 2 nitrogen and oxygen atoms in total. The second-order valence-corrected chi connectivity index (χ2v) is 7.07. The number of halogens is 5. The van der Waals surface area contributed by atoms with Gasteiger partial charge < -0.3 is 0 Å². The molecule has 0 bridgehead atoms. The zero-order valence-electron chi connectivity index (χ0n) is 10.4. The molecule has 2 aromatic carbocycles. The summed E-state index contributed by atoms with van der Waals surface area (Å²) in [5, 5.41) is 0.614. The van der Waals surface area contributed by atoms with Crippen molar-refractivity contribution >= 4 is 72.8 Å². The van der Waals surface area contributed by atoms with Gasteiger partial charge in [0.2, 0.25) is 0 Å². The van der Waals surface area contributed by atoms with E-state index >= 15 is 0 Å². The van der Waals surface area contributed by atoms with Gasteiger partial charge in [0.15, 0.2) is 0 Å². The summed E-state index contributed by atoms with van der Waals surface area (Å²) in [4.78, 5) is 4.48. The largest absolute Gasteiger partial charge is 0.294 e. The Morgan fingerprint density at radius 1 is 1.29 bits per heavy atom. The topological polar surface area (TPSA) is 17.8 Å². The maximum Gasteiger partial charge on any atom is 0.138 e. The smallest absolute Gasteiger partial charge is 0.138 e. The number of rotatable bonds is 2. The van der Waals surface area contributed by atoms with Crippen molar-refractivity contribution in [2.75, 3.05) is 0 Å². The molecule has 108 valence electrons. The van der Waals surface area contributed by atoms with Gasteiger partial charge in [0.25, 0.3) is 0 Å². The summed E-state index contributed by atoms with van der Waals surface area (Å²) in [5.41, 5.74) is 2.20. The summed E-state index contributed by atoms with van der Waals surface area (Å²) in [6, 6.07) is 8.58. The molecular formula is C14H7BrCl2FIN2. The molecule has 0 radical (unpaired) electrons. The zero-order valence-corrected chi connectivity index (χ0v) is 15.6. The number of hydrogen-bond donors (Lipinski definition) is 0. The van der Waals surface area contributed by atoms with E-state index in [0.29, 0.717) is 25.5 Å². The zero-order chi connectivity index (χ0) is 15.1. The number of hydrogen-bond acceptors (Lipinski definition) is 1. The van der Waals surface area contributed by atoms with Crippen molar-refractivity contribution in [3.8, 4) is 5.69 Å². The second-order valence-electron chi connectivity index (χ2n) is 4.35. The quantitative estimate of drug-likeness (QED) is 0.316. The molecule has 0 fully saturated rings. The lowest BCUT2D eigenvalue weighted by atomic mass is 10.2. The van der Waals surface area contributed by atoms with Crippen LogP contribution in [0.15, 0.2) is 34.8 Å². The van der Waals surface area contributed by atoms with E-state index in [-0.39, 0.29) is 11.7 Å². The standard InChI is InChI=1S/C14H7BrCl2FIN2/c15-8-3-7(17)1-2-12(8)21-13-4-9(18)10(19)5-11(13)20-14(21)6-16/h1-5H,6H2. The van der Waals surface area contributed by atoms with Crippen LogP contribution in [0.3, 0.4) is 0 Å². The third kappa shape index (κ3) is 2.81. The van der Waals surface area contributed by atoms with E-state index in [1.165, 1.54) is 6.07 Å². The Morgan fingerprint density at radius 2 is 2.05 bits per heavy atom. The van der Waals surface area contributed by atoms with Crippen molar-refractivity contribution in [3.63, 3.8) is 0 Å². The second kappa shape index (κ2) is 6.02. The molecule has 0 N–H and O–H groups in total. The minimum absolute atomic E-state index is 0.224. The molecule has 1 aromatic heterocycles. The van der Waals surface area contributed by atoms with Gasteiger partial charge in [0.05, 0.1) is 26.2 Å². The van der Waals surface area contributed by atoms with Crippen LogP contribution in [-0.4, -0.2) is 9.55 Å². The van der Waals surface area contributed by atoms with Crippen LogP contribution < -0.4 is 0 Å². The Balaban J connectivity index is 2.37. The van der Waals surface area contributed by atoms with Crippen LogP contribution in [0.4, 0.5) is 4.39 Å². The van der Waals surface area contributed by atoms with Crippen molar-refractivity contribution in [3.05, 3.63) is 55.0 Å². The normalized spacial score (nSPS) is 11.3. The molecule has 0 aliphatic heterocycles. The highest BCUT2D eigenvalue weighted by atomic mass is 127. The number of aromatic nitrogens is 2. The van der Waals surface area contributed by atoms with E-state index in [2.05, 4.69) is 20.9 Å². The highest BCUT2D eigenvalue weighted by molar-refractivity contribution is 14.1. The van der Waals surface area contributed by atoms with Gasteiger partial charge in [-0.2, -0.15) is 0 Å². The molecule has 0 atom stereocenters. The molecule has 7 heteroatoms. The van der Waals surface area contributed by atoms with Crippen molar-refractivity contribution in [2.24, 2.45) is 0 Å². The van der Waals surface area contributed by atoms with E-state index < -0.39 is 0 Å². The summed E-state index contributed by atoms with van der Waals surface area (Å²) >= 11 is 17.4. The molecule has 0 saturated carbocycles. The van der Waals surface area contributed by atoms with Crippen molar-refractivity contribution < 1.29 is 4.39 Å². The van der Waals surface area contributed by atoms with E-state index in [0.717, 1.165) is 10.2 Å². The molecule has 21 heavy (non-hydrogen) atoms. The predicted molar refractivity (Wildman–Crippen MR) is 96.0 cm³/mol. The van der Waals surface area contributed by atoms with Gasteiger partial charge >= 0.3 is 0 Å². The van der Waals surface area contributed by atoms with Crippen molar-refractivity contribution in [1.29, 1.82) is 0 Å². The SMILES string of the molecule is Fc1cc2c(cc1I)nc(CCl)n2-c1ccc(Cl)cc1Br. The highest BCUT2D eigenvalue weighted by Crippen LogP contribution is 2.31. The molecule has 3 rings (SSSR count). The van der Waals surface area contributed by atoms with Crippen LogP contribution in [0.5, 0.6) is 0 Å². The van der Waals surface area contributed by atoms with Crippen molar-refractivity contribution in [2.45, 2.75) is 5.88 Å². The van der Waals surface area contributed by atoms with Crippen molar-refractivity contribution in [1.82, 2.24) is 9.55 Å². The van der Waals surface area contributed by atoms with Crippen LogP contribution in [0.25, 0.3) is 16.7 Å². The average molecular weight is 500 g/mol. The molecule has 0 amide bonds. The molecule has 1 heterocycles. The molecule has 0 spiro atoms. The summed E-state index contributed by atoms with van der Waals surface area (Å²) in [7, 11) is 0. The van der Waals surface area contributed by atoms with Crippen LogP contribution in [0.1, 0.15) is 5.82 Å². The molecular weight excluding hydrogens is 493 g/mol. The average Bonchev–Trinajstić information content (AvgIpc) is 2.77. The minimum Gasteiger partial charge on any atom is -0.294 e. The van der Waals surface area contributed by atoms with Gasteiger partial charge in [-0.25, -0.2) is 9.37 Å². The third-order valence-electron chi connectivity index (χ3n) is 3.04. The molecule has 0 aliphatic rings. The Hall–Kier alpha value is -0.370. The fraction of sp³-hybridized carbons (Fsp3) is 0.0714. The lowest BCUT2D eigenvalue weighted by Gasteiger charge is -2.10. The first kappa shape index (κ1) is 15.5. The first-order valence-corrected chi connectivity index (χ1v) is 8.67. The number of alkyl halides is 1. The first-order valence-electron chi connectivity index (χ1n) is 5.89. The van der Waals surface area contributed by atoms with Gasteiger partial charge in [-0.05, 0) is 62.8 Å². The predicted octanol–water partition coefficient (Wildman–Crippen LogP) is 5.92. The fourth-order valence-corrected chi connectivity index (χ4v) is 3.63. The van der Waals surface area contributed by atoms with E-state index in [9.17, 15) is 4.39 Å². The Labute approximate surface area is 152 Å². The van der Waals surface area contributed by atoms with Gasteiger partial charge in [0.1, 0.15) is 11.6 Å². The number of fused-ring (bicyclic) bond motifs is 1. The summed E-state index contributed by atoms with van der Waals surface area (Å²) in [6.45, 7) is 0. The van der Waals surface area contributed by atoms with Crippen LogP contribution in [-0.2, 0) is 5.88 Å². The van der Waals surface area contributed by atoms with Gasteiger partial charge in [0, 0.05) is 15.6 Å². The van der Waals surface area contributed by atoms with Gasteiger partial charge in [-0.15, -0.1) is 11.6 Å². The number of nitrogens with zero attached hydrogens (tertiary/aromatic N) is 2. The number of benzene rings is 2. The van der Waals surface area contributed by atoms with Crippen LogP contribution in [0, 0.1) is 9.39 Å². The first-order chi connectivity index (χ1) is 10.0. The van der Waals surface area contributed by atoms with Crippen LogP contribution in [0.2, 0.25) is 5.02 Å². The van der Waals surface area contributed by atoms with Gasteiger partial charge in [-0.3, -0.25) is 4.57 Å². The van der Waals surface area contributed by atoms with Gasteiger partial charge in [-0.1, -0.05) is 11.6 Å². The minimum atomic E-state index is -0.282. The molecule has 3 aromatic rings. The molecule has 0 unspecified atom stereocenters. The highest BCUT2D eigenvalue weighted by Gasteiger charge is 2.16. The monoisotopic (exact) mass is 498 g/mol. The number of imidazole rings is 1. The lowest BCUT2D eigenvalue weighted by Crippen LogP contribution is -2.00. The summed E-state index contributed by atoms with van der Waals surface area (Å²) in [6.07, 6.45) is 0. The molecule has 0 aliphatic carbocycles. The van der Waals surface area contributed by atoms with E-state index in [1.807, 2.05) is 33.2 Å². The Bertz CT molecular complexity index is 851. The molecule has 0 saturated heterocycles. The Kier molecular flexibility index (Phi) is 4.45. The fourth-order valence-electron chi connectivity index (χ4n) is 2.14. The van der Waals surface area contributed by atoms with Crippen LogP contribution >= 0.6 is 61.7 Å². The summed E-state index contributed by atoms with van der Waals surface area (Å²) in [5.74, 6) is 0.591. The van der Waals surface area contributed by atoms with E-state index in [1.54, 1.807) is 18.2 Å². The van der Waals surface area contributed by atoms with E-state index in [4.69, 9.17) is 23.2 Å². The Morgan fingerprint density at radius 3 is 2.71 bits per heavy atom. The summed E-state index contributed by atoms with van der Waals surface area (Å²) < 4.78 is 17.1. The third-order valence-corrected chi connectivity index (χ3v) is 4.97.